The van der Waals surface area contributed by atoms with Crippen molar-refractivity contribution in [3.05, 3.63) is 89.5 Å². The maximum atomic E-state index is 12.5. The van der Waals surface area contributed by atoms with Gasteiger partial charge in [0, 0.05) is 11.3 Å². The van der Waals surface area contributed by atoms with Crippen LogP contribution in [-0.2, 0) is 20.4 Å². The Morgan fingerprint density at radius 2 is 1.60 bits per heavy atom. The fourth-order valence-electron chi connectivity index (χ4n) is 3.25. The topological polar surface area (TPSA) is 111 Å². The van der Waals surface area contributed by atoms with Crippen molar-refractivity contribution >= 4 is 27.3 Å². The van der Waals surface area contributed by atoms with E-state index in [2.05, 4.69) is 10.6 Å². The van der Waals surface area contributed by atoms with Crippen LogP contribution in [0.1, 0.15) is 21.5 Å². The van der Waals surface area contributed by atoms with Crippen LogP contribution in [0.5, 0.6) is 11.5 Å². The number of nitrogens with one attached hydrogen (secondary N) is 2. The van der Waals surface area contributed by atoms with E-state index >= 15 is 0 Å². The van der Waals surface area contributed by atoms with Crippen molar-refractivity contribution < 1.29 is 27.5 Å². The lowest BCUT2D eigenvalue weighted by atomic mass is 10.1. The molecule has 0 aromatic heterocycles. The summed E-state index contributed by atoms with van der Waals surface area (Å²) in [5.41, 5.74) is 2.32. The van der Waals surface area contributed by atoms with Crippen LogP contribution >= 0.6 is 0 Å². The van der Waals surface area contributed by atoms with E-state index in [0.717, 1.165) is 11.3 Å². The Balaban J connectivity index is 1.48. The highest BCUT2D eigenvalue weighted by atomic mass is 32.2. The number of ether oxygens (including phenoxy) is 2. The molecule has 0 saturated carbocycles. The number of carbonyl (C=O) groups excluding carboxylic acids is 2. The zero-order chi connectivity index (χ0) is 25.3. The third-order valence-corrected chi connectivity index (χ3v) is 6.45. The standard InChI is InChI=1S/C26H28N2O6S/c1-19-6-8-22(9-7-19)28-25(29)18-35(31,32)17-20-4-3-5-21(16-20)26(30)27-14-15-34-24-12-10-23(33-2)11-13-24/h3-13,16H,14-15,17-18H2,1-2H3,(H,27,30)(H,28,29). The lowest BCUT2D eigenvalue weighted by Crippen LogP contribution is -2.28. The number of hydrogen-bond acceptors (Lipinski definition) is 6. The third-order valence-electron chi connectivity index (χ3n) is 4.98. The van der Waals surface area contributed by atoms with Crippen molar-refractivity contribution in [2.75, 3.05) is 31.3 Å². The van der Waals surface area contributed by atoms with E-state index in [0.29, 0.717) is 22.6 Å². The molecule has 0 heterocycles. The van der Waals surface area contributed by atoms with E-state index in [9.17, 15) is 18.0 Å². The van der Waals surface area contributed by atoms with Gasteiger partial charge in [-0.15, -0.1) is 0 Å². The van der Waals surface area contributed by atoms with Crippen LogP contribution in [0.25, 0.3) is 0 Å². The van der Waals surface area contributed by atoms with E-state index < -0.39 is 21.5 Å². The molecule has 0 aliphatic rings. The Labute approximate surface area is 205 Å². The SMILES string of the molecule is COc1ccc(OCCNC(=O)c2cccc(CS(=O)(=O)CC(=O)Nc3ccc(C)cc3)c2)cc1. The second kappa shape index (κ2) is 12.0. The molecule has 184 valence electrons. The smallest absolute Gasteiger partial charge is 0.251 e. The molecule has 3 aromatic carbocycles. The minimum absolute atomic E-state index is 0.266. The molecule has 3 aromatic rings. The molecule has 2 amide bonds. The quantitative estimate of drug-likeness (QED) is 0.394. The van der Waals surface area contributed by atoms with Crippen LogP contribution in [0.4, 0.5) is 5.69 Å². The lowest BCUT2D eigenvalue weighted by molar-refractivity contribution is -0.113. The van der Waals surface area contributed by atoms with Crippen molar-refractivity contribution in [1.82, 2.24) is 5.32 Å². The maximum absolute atomic E-state index is 12.5. The van der Waals surface area contributed by atoms with Crippen molar-refractivity contribution in [1.29, 1.82) is 0 Å². The normalized spacial score (nSPS) is 10.9. The summed E-state index contributed by atoms with van der Waals surface area (Å²) in [5.74, 6) is -0.590. The zero-order valence-corrected chi connectivity index (χ0v) is 20.4. The van der Waals surface area contributed by atoms with Gasteiger partial charge in [0.15, 0.2) is 9.84 Å². The molecule has 0 fully saturated rings. The monoisotopic (exact) mass is 496 g/mol. The molecular formula is C26H28N2O6S. The van der Waals surface area contributed by atoms with Crippen molar-refractivity contribution in [2.24, 2.45) is 0 Å². The highest BCUT2D eigenvalue weighted by Crippen LogP contribution is 2.17. The van der Waals surface area contributed by atoms with Crippen molar-refractivity contribution in [2.45, 2.75) is 12.7 Å². The molecular weight excluding hydrogens is 468 g/mol. The van der Waals surface area contributed by atoms with E-state index in [1.165, 1.54) is 6.07 Å². The summed E-state index contributed by atoms with van der Waals surface area (Å²) in [6.45, 7) is 2.45. The number of amides is 2. The third kappa shape index (κ3) is 8.46. The molecule has 3 rings (SSSR count). The van der Waals surface area contributed by atoms with Gasteiger partial charge in [0.2, 0.25) is 5.91 Å². The van der Waals surface area contributed by atoms with E-state index in [1.807, 2.05) is 19.1 Å². The molecule has 0 aliphatic carbocycles. The fraction of sp³-hybridized carbons (Fsp3) is 0.231. The number of rotatable bonds is 11. The molecule has 0 atom stereocenters. The number of aryl methyl sites for hydroxylation is 1. The Hall–Kier alpha value is -3.85. The molecule has 0 unspecified atom stereocenters. The second-order valence-corrected chi connectivity index (χ2v) is 9.99. The molecule has 0 bridgehead atoms. The van der Waals surface area contributed by atoms with E-state index in [4.69, 9.17) is 9.47 Å². The van der Waals surface area contributed by atoms with Gasteiger partial charge in [0.1, 0.15) is 23.9 Å². The Kier molecular flexibility index (Phi) is 8.86. The number of carbonyl (C=O) groups is 2. The van der Waals surface area contributed by atoms with Gasteiger partial charge < -0.3 is 20.1 Å². The van der Waals surface area contributed by atoms with Gasteiger partial charge in [0.05, 0.1) is 19.4 Å². The summed E-state index contributed by atoms with van der Waals surface area (Å²) in [6.07, 6.45) is 0. The van der Waals surface area contributed by atoms with Crippen LogP contribution in [0, 0.1) is 6.92 Å². The molecule has 0 spiro atoms. The number of sulfone groups is 1. The van der Waals surface area contributed by atoms with Gasteiger partial charge in [-0.1, -0.05) is 29.8 Å². The van der Waals surface area contributed by atoms with Gasteiger partial charge in [-0.25, -0.2) is 8.42 Å². The van der Waals surface area contributed by atoms with E-state index in [1.54, 1.807) is 61.7 Å². The molecule has 0 aliphatic heterocycles. The van der Waals surface area contributed by atoms with Gasteiger partial charge in [0.25, 0.3) is 5.91 Å². The summed E-state index contributed by atoms with van der Waals surface area (Å²) >= 11 is 0. The van der Waals surface area contributed by atoms with Gasteiger partial charge in [-0.3, -0.25) is 9.59 Å². The first kappa shape index (κ1) is 25.8. The van der Waals surface area contributed by atoms with E-state index in [-0.39, 0.29) is 24.8 Å². The number of benzene rings is 3. The summed E-state index contributed by atoms with van der Waals surface area (Å²) < 4.78 is 35.7. The molecule has 0 radical (unpaired) electrons. The molecule has 0 saturated heterocycles. The van der Waals surface area contributed by atoms with Crippen LogP contribution in [0.2, 0.25) is 0 Å². The average Bonchev–Trinajstić information content (AvgIpc) is 2.83. The summed E-state index contributed by atoms with van der Waals surface area (Å²) in [6, 6.07) is 20.5. The number of methoxy groups -OCH3 is 1. The minimum Gasteiger partial charge on any atom is -0.497 e. The highest BCUT2D eigenvalue weighted by Gasteiger charge is 2.18. The molecule has 9 heteroatoms. The van der Waals surface area contributed by atoms with Gasteiger partial charge in [-0.2, -0.15) is 0 Å². The lowest BCUT2D eigenvalue weighted by Gasteiger charge is -2.10. The Morgan fingerprint density at radius 3 is 2.29 bits per heavy atom. The molecule has 8 nitrogen and oxygen atoms in total. The van der Waals surface area contributed by atoms with Gasteiger partial charge in [-0.05, 0) is 61.0 Å². The van der Waals surface area contributed by atoms with Crippen molar-refractivity contribution in [3.63, 3.8) is 0 Å². The summed E-state index contributed by atoms with van der Waals surface area (Å²) in [7, 11) is -2.15. The number of anilines is 1. The zero-order valence-electron chi connectivity index (χ0n) is 19.6. The Morgan fingerprint density at radius 1 is 0.914 bits per heavy atom. The van der Waals surface area contributed by atoms with Crippen LogP contribution in [-0.4, -0.2) is 46.2 Å². The van der Waals surface area contributed by atoms with Gasteiger partial charge >= 0.3 is 0 Å². The number of hydrogen-bond donors (Lipinski definition) is 2. The first-order valence-corrected chi connectivity index (χ1v) is 12.8. The predicted molar refractivity (Wildman–Crippen MR) is 135 cm³/mol. The Bertz CT molecular complexity index is 1260. The van der Waals surface area contributed by atoms with Crippen LogP contribution < -0.4 is 20.1 Å². The summed E-state index contributed by atoms with van der Waals surface area (Å²) in [4.78, 5) is 24.7. The van der Waals surface area contributed by atoms with Crippen LogP contribution in [0.3, 0.4) is 0 Å². The van der Waals surface area contributed by atoms with Crippen LogP contribution in [0.15, 0.2) is 72.8 Å². The summed E-state index contributed by atoms with van der Waals surface area (Å²) in [5, 5.41) is 5.33. The molecule has 35 heavy (non-hydrogen) atoms. The predicted octanol–water partition coefficient (Wildman–Crippen LogP) is 3.37. The maximum Gasteiger partial charge on any atom is 0.251 e. The fourth-order valence-corrected chi connectivity index (χ4v) is 4.51. The minimum atomic E-state index is -3.73. The van der Waals surface area contributed by atoms with Crippen molar-refractivity contribution in [3.8, 4) is 11.5 Å². The second-order valence-electron chi connectivity index (χ2n) is 7.93. The highest BCUT2D eigenvalue weighted by molar-refractivity contribution is 7.91. The average molecular weight is 497 g/mol. The first-order chi connectivity index (χ1) is 16.7. The molecule has 2 N–H and O–H groups in total. The first-order valence-electron chi connectivity index (χ1n) is 10.9. The largest absolute Gasteiger partial charge is 0.497 e.